The smallest absolute Gasteiger partial charge is 0.0271 e. The maximum atomic E-state index is 2.26. The Labute approximate surface area is 105 Å². The molecule has 1 aromatic rings. The zero-order valence-corrected chi connectivity index (χ0v) is 10.8. The molecule has 1 aromatic carbocycles. The molecule has 0 N–H and O–H groups in total. The molecule has 1 aliphatic rings. The molecule has 0 fully saturated rings. The van der Waals surface area contributed by atoms with Gasteiger partial charge in [0, 0.05) is 5.92 Å². The van der Waals surface area contributed by atoms with E-state index < -0.39 is 0 Å². The van der Waals surface area contributed by atoms with Gasteiger partial charge in [0.1, 0.15) is 0 Å². The largest absolute Gasteiger partial charge is 0.197 e. The highest BCUT2D eigenvalue weighted by Crippen LogP contribution is 2.31. The summed E-state index contributed by atoms with van der Waals surface area (Å²) in [6.45, 7) is 4.35. The van der Waals surface area contributed by atoms with Gasteiger partial charge < -0.3 is 0 Å². The predicted molar refractivity (Wildman–Crippen MR) is 76.2 cm³/mol. The quantitative estimate of drug-likeness (QED) is 0.673. The molecule has 1 heteroatoms. The van der Waals surface area contributed by atoms with Crippen LogP contribution in [0.15, 0.2) is 65.8 Å². The second kappa shape index (κ2) is 5.76. The van der Waals surface area contributed by atoms with Crippen molar-refractivity contribution < 1.29 is 0 Å². The molecule has 0 amide bonds. The molecule has 0 aliphatic heterocycles. The lowest BCUT2D eigenvalue weighted by Crippen LogP contribution is -2.01. The Kier molecular flexibility index (Phi) is 4.63. The topological polar surface area (TPSA) is 0 Å². The van der Waals surface area contributed by atoms with Gasteiger partial charge in [-0.2, -0.15) is 13.5 Å². The van der Waals surface area contributed by atoms with E-state index in [4.69, 9.17) is 0 Å². The molecular formula is C15H18S. The average Bonchev–Trinajstić information content (AvgIpc) is 2.30. The van der Waals surface area contributed by atoms with E-state index in [9.17, 15) is 0 Å². The molecule has 1 aliphatic carbocycles. The standard InChI is InChI=1S/C15H16.H2S/c1-12(2)14-10-6-7-11-15(14)13-8-4-3-5-9-13;/h3-11,15H,1-2H3;1H2. The Morgan fingerprint density at radius 1 is 1.00 bits per heavy atom. The summed E-state index contributed by atoms with van der Waals surface area (Å²) in [6.07, 6.45) is 8.72. The lowest BCUT2D eigenvalue weighted by Gasteiger charge is -2.19. The summed E-state index contributed by atoms with van der Waals surface area (Å²) in [7, 11) is 0. The maximum Gasteiger partial charge on any atom is 0.0271 e. The molecule has 16 heavy (non-hydrogen) atoms. The fourth-order valence-corrected chi connectivity index (χ4v) is 1.97. The van der Waals surface area contributed by atoms with E-state index in [1.807, 2.05) is 0 Å². The minimum absolute atomic E-state index is 0. The van der Waals surface area contributed by atoms with Gasteiger partial charge in [-0.05, 0) is 25.0 Å². The van der Waals surface area contributed by atoms with Crippen molar-refractivity contribution in [2.45, 2.75) is 19.8 Å². The highest BCUT2D eigenvalue weighted by atomic mass is 32.1. The van der Waals surface area contributed by atoms with Gasteiger partial charge in [0.05, 0.1) is 0 Å². The van der Waals surface area contributed by atoms with Gasteiger partial charge in [-0.3, -0.25) is 0 Å². The van der Waals surface area contributed by atoms with Crippen molar-refractivity contribution >= 4 is 13.5 Å². The summed E-state index contributed by atoms with van der Waals surface area (Å²) in [5, 5.41) is 0. The zero-order valence-electron chi connectivity index (χ0n) is 9.77. The fraction of sp³-hybridized carbons (Fsp3) is 0.200. The summed E-state index contributed by atoms with van der Waals surface area (Å²) in [5.41, 5.74) is 4.18. The average molecular weight is 230 g/mol. The van der Waals surface area contributed by atoms with Crippen molar-refractivity contribution in [3.05, 3.63) is 71.3 Å². The number of benzene rings is 1. The molecular weight excluding hydrogens is 212 g/mol. The Morgan fingerprint density at radius 3 is 2.31 bits per heavy atom. The molecule has 1 unspecified atom stereocenters. The molecule has 0 saturated heterocycles. The first-order chi connectivity index (χ1) is 7.29. The van der Waals surface area contributed by atoms with E-state index in [-0.39, 0.29) is 13.5 Å². The van der Waals surface area contributed by atoms with Crippen LogP contribution in [-0.4, -0.2) is 0 Å². The minimum atomic E-state index is 0. The SMILES string of the molecule is CC(C)=C1C=CC=CC1c1ccccc1.S. The van der Waals surface area contributed by atoms with E-state index in [0.717, 1.165) is 0 Å². The Morgan fingerprint density at radius 2 is 1.69 bits per heavy atom. The van der Waals surface area contributed by atoms with Crippen molar-refractivity contribution in [1.29, 1.82) is 0 Å². The van der Waals surface area contributed by atoms with E-state index in [0.29, 0.717) is 5.92 Å². The van der Waals surface area contributed by atoms with Crippen LogP contribution in [0.25, 0.3) is 0 Å². The molecule has 0 radical (unpaired) electrons. The molecule has 0 heterocycles. The van der Waals surface area contributed by atoms with Gasteiger partial charge in [0.15, 0.2) is 0 Å². The first-order valence-electron chi connectivity index (χ1n) is 5.36. The van der Waals surface area contributed by atoms with Crippen molar-refractivity contribution in [3.8, 4) is 0 Å². The molecule has 2 rings (SSSR count). The minimum Gasteiger partial charge on any atom is -0.197 e. The van der Waals surface area contributed by atoms with Gasteiger partial charge >= 0.3 is 0 Å². The van der Waals surface area contributed by atoms with Crippen LogP contribution in [0.5, 0.6) is 0 Å². The van der Waals surface area contributed by atoms with Crippen LogP contribution in [0, 0.1) is 0 Å². The number of hydrogen-bond acceptors (Lipinski definition) is 0. The molecule has 1 atom stereocenters. The third kappa shape index (κ3) is 2.67. The van der Waals surface area contributed by atoms with Gasteiger partial charge in [0.25, 0.3) is 0 Å². The molecule has 0 bridgehead atoms. The summed E-state index contributed by atoms with van der Waals surface area (Å²) in [6, 6.07) is 10.6. The Bertz CT molecular complexity index is 420. The summed E-state index contributed by atoms with van der Waals surface area (Å²) >= 11 is 0. The highest BCUT2D eigenvalue weighted by molar-refractivity contribution is 7.59. The predicted octanol–water partition coefficient (Wildman–Crippen LogP) is 4.35. The van der Waals surface area contributed by atoms with Crippen molar-refractivity contribution in [2.75, 3.05) is 0 Å². The third-order valence-corrected chi connectivity index (χ3v) is 2.76. The fourth-order valence-electron chi connectivity index (χ4n) is 1.97. The lowest BCUT2D eigenvalue weighted by molar-refractivity contribution is 0.988. The Balaban J connectivity index is 0.00000128. The van der Waals surface area contributed by atoms with Crippen LogP contribution >= 0.6 is 13.5 Å². The summed E-state index contributed by atoms with van der Waals surface area (Å²) < 4.78 is 0. The van der Waals surface area contributed by atoms with E-state index in [2.05, 4.69) is 68.5 Å². The van der Waals surface area contributed by atoms with Crippen LogP contribution in [0.3, 0.4) is 0 Å². The van der Waals surface area contributed by atoms with Crippen molar-refractivity contribution in [3.63, 3.8) is 0 Å². The zero-order chi connectivity index (χ0) is 10.7. The summed E-state index contributed by atoms with van der Waals surface area (Å²) in [5.74, 6) is 0.432. The van der Waals surface area contributed by atoms with Crippen molar-refractivity contribution in [1.82, 2.24) is 0 Å². The second-order valence-electron chi connectivity index (χ2n) is 4.09. The number of allylic oxidation sites excluding steroid dienone is 6. The first-order valence-corrected chi connectivity index (χ1v) is 5.36. The van der Waals surface area contributed by atoms with Crippen LogP contribution in [0.4, 0.5) is 0 Å². The first kappa shape index (κ1) is 12.9. The molecule has 0 saturated carbocycles. The second-order valence-corrected chi connectivity index (χ2v) is 4.09. The van der Waals surface area contributed by atoms with Crippen molar-refractivity contribution in [2.24, 2.45) is 0 Å². The van der Waals surface area contributed by atoms with Gasteiger partial charge in [0.2, 0.25) is 0 Å². The van der Waals surface area contributed by atoms with Crippen LogP contribution in [-0.2, 0) is 0 Å². The normalized spacial score (nSPS) is 18.1. The van der Waals surface area contributed by atoms with E-state index in [1.54, 1.807) is 0 Å². The maximum absolute atomic E-state index is 2.26. The van der Waals surface area contributed by atoms with Gasteiger partial charge in [-0.15, -0.1) is 0 Å². The number of rotatable bonds is 1. The number of hydrogen-bond donors (Lipinski definition) is 0. The van der Waals surface area contributed by atoms with Crippen LogP contribution in [0.2, 0.25) is 0 Å². The van der Waals surface area contributed by atoms with Gasteiger partial charge in [-0.1, -0.05) is 60.2 Å². The highest BCUT2D eigenvalue weighted by Gasteiger charge is 2.13. The monoisotopic (exact) mass is 230 g/mol. The Hall–Kier alpha value is -1.21. The summed E-state index contributed by atoms with van der Waals surface area (Å²) in [4.78, 5) is 0. The van der Waals surface area contributed by atoms with E-state index >= 15 is 0 Å². The van der Waals surface area contributed by atoms with Crippen LogP contribution < -0.4 is 0 Å². The third-order valence-electron chi connectivity index (χ3n) is 2.76. The van der Waals surface area contributed by atoms with Crippen LogP contribution in [0.1, 0.15) is 25.3 Å². The lowest BCUT2D eigenvalue weighted by atomic mass is 9.86. The molecule has 0 nitrogen and oxygen atoms in total. The molecule has 0 spiro atoms. The van der Waals surface area contributed by atoms with E-state index in [1.165, 1.54) is 16.7 Å². The van der Waals surface area contributed by atoms with Gasteiger partial charge in [-0.25, -0.2) is 0 Å². The molecule has 84 valence electrons. The molecule has 0 aromatic heterocycles.